The minimum atomic E-state index is 0.422. The maximum Gasteiger partial charge on any atom is 0.0295 e. The maximum atomic E-state index is 4.09. The smallest absolute Gasteiger partial charge is 0.0295 e. The molecule has 1 aromatic rings. The summed E-state index contributed by atoms with van der Waals surface area (Å²) in [6, 6.07) is 5.30. The largest absolute Gasteiger partial charge is 0.307 e. The molecule has 19 heavy (non-hydrogen) atoms. The van der Waals surface area contributed by atoms with Gasteiger partial charge < -0.3 is 10.2 Å². The van der Waals surface area contributed by atoms with E-state index in [2.05, 4.69) is 41.2 Å². The average molecular weight is 261 g/mol. The van der Waals surface area contributed by atoms with Crippen molar-refractivity contribution >= 4 is 0 Å². The van der Waals surface area contributed by atoms with Crippen molar-refractivity contribution in [2.24, 2.45) is 0 Å². The normalized spacial score (nSPS) is 22.9. The summed E-state index contributed by atoms with van der Waals surface area (Å²) in [5.74, 6) is 0. The van der Waals surface area contributed by atoms with Gasteiger partial charge in [-0.15, -0.1) is 0 Å². The Morgan fingerprint density at radius 1 is 1.32 bits per heavy atom. The highest BCUT2D eigenvalue weighted by atomic mass is 15.1. The van der Waals surface area contributed by atoms with Crippen LogP contribution >= 0.6 is 0 Å². The second-order valence-corrected chi connectivity index (χ2v) is 5.64. The topological polar surface area (TPSA) is 28.2 Å². The Balaban J connectivity index is 1.83. The fourth-order valence-corrected chi connectivity index (χ4v) is 2.96. The van der Waals surface area contributed by atoms with E-state index in [-0.39, 0.29) is 0 Å². The van der Waals surface area contributed by atoms with Crippen LogP contribution in [0, 0.1) is 0 Å². The van der Waals surface area contributed by atoms with Crippen LogP contribution in [-0.4, -0.2) is 35.6 Å². The third-order valence-corrected chi connectivity index (χ3v) is 4.05. The lowest BCUT2D eigenvalue weighted by atomic mass is 10.1. The number of rotatable bonds is 5. The van der Waals surface area contributed by atoms with Gasteiger partial charge in [-0.3, -0.25) is 4.98 Å². The van der Waals surface area contributed by atoms with Gasteiger partial charge in [0.15, 0.2) is 0 Å². The maximum absolute atomic E-state index is 4.09. The van der Waals surface area contributed by atoms with E-state index >= 15 is 0 Å². The van der Waals surface area contributed by atoms with Crippen LogP contribution < -0.4 is 5.32 Å². The summed E-state index contributed by atoms with van der Waals surface area (Å²) >= 11 is 0. The van der Waals surface area contributed by atoms with E-state index in [9.17, 15) is 0 Å². The number of aromatic nitrogens is 1. The first kappa shape index (κ1) is 14.5. The van der Waals surface area contributed by atoms with E-state index in [0.29, 0.717) is 12.1 Å². The molecule has 2 heterocycles. The van der Waals surface area contributed by atoms with Crippen molar-refractivity contribution in [2.45, 2.75) is 51.6 Å². The molecule has 1 fully saturated rings. The van der Waals surface area contributed by atoms with Crippen LogP contribution in [0.15, 0.2) is 24.5 Å². The summed E-state index contributed by atoms with van der Waals surface area (Å²) in [6.07, 6.45) is 8.92. The molecule has 0 amide bonds. The van der Waals surface area contributed by atoms with Crippen LogP contribution in [0.1, 0.15) is 51.1 Å². The molecule has 106 valence electrons. The highest BCUT2D eigenvalue weighted by Gasteiger charge is 2.18. The summed E-state index contributed by atoms with van der Waals surface area (Å²) in [5, 5.41) is 3.78. The molecule has 3 heteroatoms. The molecule has 2 atom stereocenters. The van der Waals surface area contributed by atoms with Gasteiger partial charge in [0.25, 0.3) is 0 Å². The second-order valence-electron chi connectivity index (χ2n) is 5.64. The Bertz CT molecular complexity index is 352. The first-order valence-corrected chi connectivity index (χ1v) is 7.68. The Kier molecular flexibility index (Phi) is 5.80. The van der Waals surface area contributed by atoms with Crippen LogP contribution in [-0.2, 0) is 0 Å². The zero-order valence-electron chi connectivity index (χ0n) is 12.3. The van der Waals surface area contributed by atoms with E-state index in [1.807, 2.05) is 12.4 Å². The number of hydrogen-bond donors (Lipinski definition) is 1. The van der Waals surface area contributed by atoms with Gasteiger partial charge in [-0.05, 0) is 69.9 Å². The molecule has 1 N–H and O–H groups in total. The van der Waals surface area contributed by atoms with Gasteiger partial charge in [-0.25, -0.2) is 0 Å². The summed E-state index contributed by atoms with van der Waals surface area (Å²) in [4.78, 5) is 6.70. The van der Waals surface area contributed by atoms with Gasteiger partial charge in [-0.2, -0.15) is 0 Å². The standard InChI is InChI=1S/C16H27N3/c1-3-11-19-12-4-5-16(8-13-19)18-14(2)15-6-9-17-10-7-15/h6-7,9-10,14,16,18H,3-5,8,11-13H2,1-2H3. The van der Waals surface area contributed by atoms with Crippen LogP contribution in [0.25, 0.3) is 0 Å². The summed E-state index contributed by atoms with van der Waals surface area (Å²) in [5.41, 5.74) is 1.34. The van der Waals surface area contributed by atoms with E-state index in [1.54, 1.807) is 0 Å². The molecule has 3 nitrogen and oxygen atoms in total. The first-order chi connectivity index (χ1) is 9.29. The van der Waals surface area contributed by atoms with Crippen molar-refractivity contribution < 1.29 is 0 Å². The molecule has 0 aromatic carbocycles. The van der Waals surface area contributed by atoms with Gasteiger partial charge in [0.1, 0.15) is 0 Å². The quantitative estimate of drug-likeness (QED) is 0.883. The van der Waals surface area contributed by atoms with Crippen LogP contribution in [0.5, 0.6) is 0 Å². The number of likely N-dealkylation sites (tertiary alicyclic amines) is 1. The van der Waals surface area contributed by atoms with Crippen LogP contribution in [0.3, 0.4) is 0 Å². The molecular formula is C16H27N3. The lowest BCUT2D eigenvalue weighted by molar-refractivity contribution is 0.281. The SMILES string of the molecule is CCCN1CCCC(NC(C)c2ccncc2)CC1. The molecule has 0 aliphatic carbocycles. The lowest BCUT2D eigenvalue weighted by Crippen LogP contribution is -2.33. The van der Waals surface area contributed by atoms with Crippen molar-refractivity contribution in [1.29, 1.82) is 0 Å². The van der Waals surface area contributed by atoms with Crippen molar-refractivity contribution in [3.05, 3.63) is 30.1 Å². The number of nitrogens with zero attached hydrogens (tertiary/aromatic N) is 2. The molecule has 0 spiro atoms. The Morgan fingerprint density at radius 2 is 2.11 bits per heavy atom. The molecular weight excluding hydrogens is 234 g/mol. The monoisotopic (exact) mass is 261 g/mol. The number of hydrogen-bond acceptors (Lipinski definition) is 3. The van der Waals surface area contributed by atoms with Crippen LogP contribution in [0.4, 0.5) is 0 Å². The van der Waals surface area contributed by atoms with Crippen molar-refractivity contribution in [3.63, 3.8) is 0 Å². The van der Waals surface area contributed by atoms with E-state index in [1.165, 1.54) is 50.9 Å². The third kappa shape index (κ3) is 4.59. The first-order valence-electron chi connectivity index (χ1n) is 7.68. The van der Waals surface area contributed by atoms with E-state index in [4.69, 9.17) is 0 Å². The summed E-state index contributed by atoms with van der Waals surface area (Å²) in [6.45, 7) is 8.30. The molecule has 0 bridgehead atoms. The Labute approximate surface area is 117 Å². The number of pyridine rings is 1. The molecule has 2 rings (SSSR count). The van der Waals surface area contributed by atoms with Gasteiger partial charge in [0.2, 0.25) is 0 Å². The highest BCUT2D eigenvalue weighted by Crippen LogP contribution is 2.17. The van der Waals surface area contributed by atoms with Crippen molar-refractivity contribution in [1.82, 2.24) is 15.2 Å². The minimum Gasteiger partial charge on any atom is -0.307 e. The van der Waals surface area contributed by atoms with Gasteiger partial charge in [0, 0.05) is 24.5 Å². The average Bonchev–Trinajstić information content (AvgIpc) is 2.66. The summed E-state index contributed by atoms with van der Waals surface area (Å²) < 4.78 is 0. The van der Waals surface area contributed by atoms with Crippen molar-refractivity contribution in [2.75, 3.05) is 19.6 Å². The molecule has 0 saturated carbocycles. The predicted molar refractivity (Wildman–Crippen MR) is 80.2 cm³/mol. The molecule has 1 saturated heterocycles. The predicted octanol–water partition coefficient (Wildman–Crippen LogP) is 3.00. The molecule has 1 aromatic heterocycles. The van der Waals surface area contributed by atoms with E-state index in [0.717, 1.165) is 0 Å². The molecule has 0 radical (unpaired) electrons. The Morgan fingerprint density at radius 3 is 2.84 bits per heavy atom. The minimum absolute atomic E-state index is 0.422. The second kappa shape index (κ2) is 7.61. The molecule has 1 aliphatic rings. The highest BCUT2D eigenvalue weighted by molar-refractivity contribution is 5.14. The van der Waals surface area contributed by atoms with Crippen molar-refractivity contribution in [3.8, 4) is 0 Å². The molecule has 2 unspecified atom stereocenters. The zero-order valence-corrected chi connectivity index (χ0v) is 12.3. The fourth-order valence-electron chi connectivity index (χ4n) is 2.96. The van der Waals surface area contributed by atoms with Gasteiger partial charge in [0.05, 0.1) is 0 Å². The Hall–Kier alpha value is -0.930. The fraction of sp³-hybridized carbons (Fsp3) is 0.688. The number of nitrogens with one attached hydrogen (secondary N) is 1. The third-order valence-electron chi connectivity index (χ3n) is 4.05. The zero-order chi connectivity index (χ0) is 13.5. The van der Waals surface area contributed by atoms with E-state index < -0.39 is 0 Å². The summed E-state index contributed by atoms with van der Waals surface area (Å²) in [7, 11) is 0. The lowest BCUT2D eigenvalue weighted by Gasteiger charge is -2.23. The molecule has 1 aliphatic heterocycles. The van der Waals surface area contributed by atoms with Crippen LogP contribution in [0.2, 0.25) is 0 Å². The van der Waals surface area contributed by atoms with Gasteiger partial charge in [-0.1, -0.05) is 6.92 Å². The van der Waals surface area contributed by atoms with Gasteiger partial charge >= 0.3 is 0 Å².